The first-order valence-corrected chi connectivity index (χ1v) is 11.8. The monoisotopic (exact) mass is 388 g/mol. The molecule has 0 aromatic rings. The van der Waals surface area contributed by atoms with Crippen LogP contribution in [0.2, 0.25) is 5.54 Å². The van der Waals surface area contributed by atoms with Gasteiger partial charge in [0.25, 0.3) is 0 Å². The van der Waals surface area contributed by atoms with Crippen LogP contribution in [0.25, 0.3) is 0 Å². The minimum atomic E-state index is -2.81. The Morgan fingerprint density at radius 3 is 1.70 bits per heavy atom. The fourth-order valence-electron chi connectivity index (χ4n) is 3.54. The molecule has 0 atom stereocenters. The third-order valence-electron chi connectivity index (χ3n) is 4.77. The van der Waals surface area contributed by atoms with Crippen molar-refractivity contribution in [2.75, 3.05) is 13.7 Å². The Morgan fingerprint density at radius 2 is 1.33 bits per heavy atom. The van der Waals surface area contributed by atoms with Gasteiger partial charge < -0.3 is 13.6 Å². The number of methoxy groups -OCH3 is 1. The van der Waals surface area contributed by atoms with Crippen LogP contribution in [0.1, 0.15) is 51.4 Å². The number of hydrogen-bond acceptors (Lipinski definition) is 3. The summed E-state index contributed by atoms with van der Waals surface area (Å²) in [5, 5.41) is 0. The molecule has 0 aliphatic heterocycles. The summed E-state index contributed by atoms with van der Waals surface area (Å²) < 4.78 is 18.7. The molecule has 0 radical (unpaired) electrons. The zero-order valence-electron chi connectivity index (χ0n) is 17.0. The zero-order valence-corrected chi connectivity index (χ0v) is 18.0. The van der Waals surface area contributed by atoms with E-state index in [-0.39, 0.29) is 12.2 Å². The molecule has 3 nitrogen and oxygen atoms in total. The van der Waals surface area contributed by atoms with Crippen LogP contribution in [0.5, 0.6) is 0 Å². The van der Waals surface area contributed by atoms with Crippen molar-refractivity contribution in [3.63, 3.8) is 0 Å². The molecule has 0 bridgehead atoms. The van der Waals surface area contributed by atoms with Gasteiger partial charge >= 0.3 is 8.56 Å². The molecule has 0 aromatic carbocycles. The standard InChI is InChI=1S/C23H36O3Si/c1-6-13-21(14-7-2)25-27(20-12-19-24-5,23-17-10-11-18-23)26-22(15-8-3)16-9-4/h6-9,21-23H,1-4,10-11,13-19H2,5H3. The Balaban J connectivity index is 3.25. The maximum atomic E-state index is 6.75. The molecule has 0 aromatic heterocycles. The Labute approximate surface area is 167 Å². The molecule has 1 aliphatic rings. The maximum Gasteiger partial charge on any atom is 0.427 e. The molecule has 0 saturated heterocycles. The van der Waals surface area contributed by atoms with Gasteiger partial charge in [0.2, 0.25) is 0 Å². The summed E-state index contributed by atoms with van der Waals surface area (Å²) in [6.45, 7) is 15.9. The van der Waals surface area contributed by atoms with E-state index in [1.165, 1.54) is 12.8 Å². The van der Waals surface area contributed by atoms with Crippen molar-refractivity contribution < 1.29 is 13.6 Å². The summed E-state index contributed by atoms with van der Waals surface area (Å²) in [7, 11) is -1.15. The summed E-state index contributed by atoms with van der Waals surface area (Å²) in [5.41, 5.74) is 3.82. The SMILES string of the molecule is C=CCC(CC=C)O[Si](C#CCOC)(OC(CC=C)CC=C)C1CCCC1. The Kier molecular flexibility index (Phi) is 12.0. The van der Waals surface area contributed by atoms with Crippen LogP contribution in [-0.2, 0) is 13.6 Å². The van der Waals surface area contributed by atoms with Crippen LogP contribution >= 0.6 is 0 Å². The Morgan fingerprint density at radius 1 is 0.889 bits per heavy atom. The van der Waals surface area contributed by atoms with E-state index in [2.05, 4.69) is 37.8 Å². The van der Waals surface area contributed by atoms with Gasteiger partial charge in [-0.1, -0.05) is 48.6 Å². The molecular weight excluding hydrogens is 352 g/mol. The summed E-state index contributed by atoms with van der Waals surface area (Å²) in [6, 6.07) is 0. The van der Waals surface area contributed by atoms with E-state index in [1.54, 1.807) is 7.11 Å². The summed E-state index contributed by atoms with van der Waals surface area (Å²) in [6.07, 6.45) is 15.3. The van der Waals surface area contributed by atoms with Crippen molar-refractivity contribution in [2.24, 2.45) is 0 Å². The predicted octanol–water partition coefficient (Wildman–Crippen LogP) is 5.64. The van der Waals surface area contributed by atoms with E-state index in [0.29, 0.717) is 12.1 Å². The predicted molar refractivity (Wildman–Crippen MR) is 117 cm³/mol. The molecule has 4 heteroatoms. The highest BCUT2D eigenvalue weighted by molar-refractivity contribution is 6.77. The first kappa shape index (κ1) is 23.7. The fourth-order valence-corrected chi connectivity index (χ4v) is 7.17. The van der Waals surface area contributed by atoms with Crippen LogP contribution < -0.4 is 0 Å². The molecule has 0 unspecified atom stereocenters. The normalized spacial score (nSPS) is 14.8. The Bertz CT molecular complexity index is 479. The second kappa shape index (κ2) is 13.7. The quantitative estimate of drug-likeness (QED) is 0.219. The fraction of sp³-hybridized carbons (Fsp3) is 0.565. The van der Waals surface area contributed by atoms with Gasteiger partial charge in [-0.3, -0.25) is 0 Å². The number of rotatable bonds is 14. The van der Waals surface area contributed by atoms with Crippen LogP contribution in [0.3, 0.4) is 0 Å². The molecule has 1 saturated carbocycles. The van der Waals surface area contributed by atoms with Crippen molar-refractivity contribution >= 4 is 8.56 Å². The lowest BCUT2D eigenvalue weighted by Crippen LogP contribution is -2.50. The largest absolute Gasteiger partial charge is 0.427 e. The molecule has 0 spiro atoms. The second-order valence-corrected chi connectivity index (χ2v) is 9.83. The van der Waals surface area contributed by atoms with Gasteiger partial charge in [-0.05, 0) is 38.5 Å². The van der Waals surface area contributed by atoms with E-state index >= 15 is 0 Å². The summed E-state index contributed by atoms with van der Waals surface area (Å²) in [5.74, 6) is 3.17. The third-order valence-corrected chi connectivity index (χ3v) is 8.32. The molecular formula is C23H36O3Si. The second-order valence-electron chi connectivity index (χ2n) is 6.96. The Hall–Kier alpha value is -1.38. The van der Waals surface area contributed by atoms with E-state index < -0.39 is 8.56 Å². The van der Waals surface area contributed by atoms with Crippen molar-refractivity contribution in [2.45, 2.75) is 69.1 Å². The van der Waals surface area contributed by atoms with Gasteiger partial charge in [-0.25, -0.2) is 0 Å². The lowest BCUT2D eigenvalue weighted by atomic mass is 10.2. The molecule has 1 rings (SSSR count). The van der Waals surface area contributed by atoms with Crippen LogP contribution in [0.15, 0.2) is 50.6 Å². The van der Waals surface area contributed by atoms with Gasteiger partial charge in [0.1, 0.15) is 6.61 Å². The van der Waals surface area contributed by atoms with Crippen LogP contribution in [0.4, 0.5) is 0 Å². The molecule has 1 aliphatic carbocycles. The maximum absolute atomic E-state index is 6.75. The van der Waals surface area contributed by atoms with Gasteiger partial charge in [0.05, 0.1) is 12.2 Å². The first-order chi connectivity index (χ1) is 13.2. The topological polar surface area (TPSA) is 27.7 Å². The smallest absolute Gasteiger partial charge is 0.381 e. The number of ether oxygens (including phenoxy) is 1. The number of hydrogen-bond donors (Lipinski definition) is 0. The van der Waals surface area contributed by atoms with Gasteiger partial charge in [-0.15, -0.1) is 26.3 Å². The first-order valence-electron chi connectivity index (χ1n) is 9.93. The van der Waals surface area contributed by atoms with E-state index in [1.807, 2.05) is 24.3 Å². The lowest BCUT2D eigenvalue weighted by Gasteiger charge is -2.37. The average Bonchev–Trinajstić information content (AvgIpc) is 3.18. The van der Waals surface area contributed by atoms with Gasteiger partial charge in [0, 0.05) is 12.7 Å². The van der Waals surface area contributed by atoms with Crippen molar-refractivity contribution in [3.8, 4) is 11.5 Å². The van der Waals surface area contributed by atoms with E-state index in [4.69, 9.17) is 13.6 Å². The van der Waals surface area contributed by atoms with E-state index in [9.17, 15) is 0 Å². The van der Waals surface area contributed by atoms with Crippen LogP contribution in [-0.4, -0.2) is 34.5 Å². The molecule has 150 valence electrons. The highest BCUT2D eigenvalue weighted by Gasteiger charge is 2.49. The minimum absolute atomic E-state index is 0.00257. The van der Waals surface area contributed by atoms with Crippen molar-refractivity contribution in [1.29, 1.82) is 0 Å². The highest BCUT2D eigenvalue weighted by atomic mass is 28.4. The van der Waals surface area contributed by atoms with Gasteiger partial charge in [-0.2, -0.15) is 0 Å². The average molecular weight is 389 g/mol. The van der Waals surface area contributed by atoms with E-state index in [0.717, 1.165) is 38.5 Å². The van der Waals surface area contributed by atoms with Crippen LogP contribution in [0, 0.1) is 11.5 Å². The molecule has 0 amide bonds. The molecule has 0 N–H and O–H groups in total. The molecule has 27 heavy (non-hydrogen) atoms. The third kappa shape index (κ3) is 8.02. The molecule has 0 heterocycles. The highest BCUT2D eigenvalue weighted by Crippen LogP contribution is 2.41. The summed E-state index contributed by atoms with van der Waals surface area (Å²) >= 11 is 0. The lowest BCUT2D eigenvalue weighted by molar-refractivity contribution is 0.0833. The minimum Gasteiger partial charge on any atom is -0.381 e. The van der Waals surface area contributed by atoms with Gasteiger partial charge in [0.15, 0.2) is 0 Å². The summed E-state index contributed by atoms with van der Waals surface area (Å²) in [4.78, 5) is 0. The van der Waals surface area contributed by atoms with Crippen molar-refractivity contribution in [3.05, 3.63) is 50.6 Å². The zero-order chi connectivity index (χ0) is 20.0. The van der Waals surface area contributed by atoms with Crippen molar-refractivity contribution in [1.82, 2.24) is 0 Å². The molecule has 1 fully saturated rings.